The van der Waals surface area contributed by atoms with Crippen molar-refractivity contribution >= 4 is 11.6 Å². The van der Waals surface area contributed by atoms with Crippen molar-refractivity contribution in [3.63, 3.8) is 0 Å². The number of carbonyl (C=O) groups is 1. The van der Waals surface area contributed by atoms with Crippen molar-refractivity contribution in [1.29, 1.82) is 0 Å². The minimum atomic E-state index is 0.279. The Morgan fingerprint density at radius 1 is 1.42 bits per heavy atom. The van der Waals surface area contributed by atoms with Crippen molar-refractivity contribution in [2.75, 3.05) is 12.3 Å². The molecular weight excluding hydrogens is 236 g/mol. The highest BCUT2D eigenvalue weighted by atomic mass is 16.2. The molecule has 1 aliphatic heterocycles. The van der Waals surface area contributed by atoms with Gasteiger partial charge in [0.05, 0.1) is 0 Å². The summed E-state index contributed by atoms with van der Waals surface area (Å²) in [6.07, 6.45) is 3.63. The van der Waals surface area contributed by atoms with Gasteiger partial charge in [-0.2, -0.15) is 0 Å². The third-order valence-corrected chi connectivity index (χ3v) is 4.04. The predicted octanol–water partition coefficient (Wildman–Crippen LogP) is 2.85. The van der Waals surface area contributed by atoms with E-state index in [-0.39, 0.29) is 5.91 Å². The number of piperidine rings is 1. The van der Waals surface area contributed by atoms with Crippen LogP contribution in [0.4, 0.5) is 5.69 Å². The van der Waals surface area contributed by atoms with Crippen molar-refractivity contribution in [3.8, 4) is 0 Å². The molecule has 1 saturated heterocycles. The summed E-state index contributed by atoms with van der Waals surface area (Å²) in [5, 5.41) is 0. The van der Waals surface area contributed by atoms with Gasteiger partial charge in [0.2, 0.25) is 5.91 Å². The summed E-state index contributed by atoms with van der Waals surface area (Å²) in [6, 6.07) is 8.19. The van der Waals surface area contributed by atoms with Gasteiger partial charge in [-0.05, 0) is 49.8 Å². The fraction of sp³-hybridized carbons (Fsp3) is 0.562. The van der Waals surface area contributed by atoms with Gasteiger partial charge in [-0.25, -0.2) is 0 Å². The third kappa shape index (κ3) is 3.72. The predicted molar refractivity (Wildman–Crippen MR) is 78.7 cm³/mol. The summed E-state index contributed by atoms with van der Waals surface area (Å²) in [5.41, 5.74) is 7.66. The number of nitrogens with two attached hydrogens (primary N) is 1. The molecule has 2 rings (SSSR count). The largest absolute Gasteiger partial charge is 0.399 e. The van der Waals surface area contributed by atoms with Gasteiger partial charge in [0, 0.05) is 24.7 Å². The van der Waals surface area contributed by atoms with E-state index in [0.29, 0.717) is 12.5 Å². The van der Waals surface area contributed by atoms with Crippen molar-refractivity contribution < 1.29 is 4.79 Å². The summed E-state index contributed by atoms with van der Waals surface area (Å²) < 4.78 is 0. The molecule has 0 aliphatic carbocycles. The number of amides is 1. The van der Waals surface area contributed by atoms with Gasteiger partial charge in [-0.3, -0.25) is 4.79 Å². The summed E-state index contributed by atoms with van der Waals surface area (Å²) in [7, 11) is 0. The lowest BCUT2D eigenvalue weighted by Gasteiger charge is -2.36. The summed E-state index contributed by atoms with van der Waals surface area (Å²) in [4.78, 5) is 14.3. The van der Waals surface area contributed by atoms with Crippen LogP contribution in [0, 0.1) is 5.92 Å². The van der Waals surface area contributed by atoms with Gasteiger partial charge in [0.25, 0.3) is 0 Å². The zero-order valence-corrected chi connectivity index (χ0v) is 11.9. The molecule has 1 aliphatic rings. The van der Waals surface area contributed by atoms with E-state index >= 15 is 0 Å². The normalized spacial score (nSPS) is 23.4. The quantitative estimate of drug-likeness (QED) is 0.849. The van der Waals surface area contributed by atoms with E-state index < -0.39 is 0 Å². The van der Waals surface area contributed by atoms with Crippen LogP contribution in [0.25, 0.3) is 0 Å². The highest BCUT2D eigenvalue weighted by Crippen LogP contribution is 2.23. The van der Waals surface area contributed by atoms with Gasteiger partial charge in [0.15, 0.2) is 0 Å². The van der Waals surface area contributed by atoms with Crippen LogP contribution in [-0.4, -0.2) is 23.4 Å². The number of rotatable bonds is 3. The maximum atomic E-state index is 12.3. The summed E-state index contributed by atoms with van der Waals surface area (Å²) in [5.74, 6) is 1.02. The molecule has 2 atom stereocenters. The Bertz CT molecular complexity index is 444. The van der Waals surface area contributed by atoms with Crippen LogP contribution < -0.4 is 5.73 Å². The Balaban J connectivity index is 1.87. The number of aryl methyl sites for hydroxylation is 1. The van der Waals surface area contributed by atoms with E-state index in [4.69, 9.17) is 5.73 Å². The molecule has 1 fully saturated rings. The Kier molecular flexibility index (Phi) is 4.46. The molecule has 2 N–H and O–H groups in total. The molecule has 0 radical (unpaired) electrons. The third-order valence-electron chi connectivity index (χ3n) is 4.04. The van der Waals surface area contributed by atoms with E-state index in [0.717, 1.165) is 43.0 Å². The minimum Gasteiger partial charge on any atom is -0.399 e. The second-order valence-electron chi connectivity index (χ2n) is 5.81. The van der Waals surface area contributed by atoms with E-state index in [1.54, 1.807) is 0 Å². The molecule has 0 saturated carbocycles. The van der Waals surface area contributed by atoms with Gasteiger partial charge in [-0.15, -0.1) is 0 Å². The molecule has 104 valence electrons. The van der Waals surface area contributed by atoms with Crippen LogP contribution in [0.2, 0.25) is 0 Å². The lowest BCUT2D eigenvalue weighted by Crippen LogP contribution is -2.44. The van der Waals surface area contributed by atoms with Gasteiger partial charge >= 0.3 is 0 Å². The number of benzene rings is 1. The van der Waals surface area contributed by atoms with Crippen molar-refractivity contribution in [3.05, 3.63) is 29.8 Å². The van der Waals surface area contributed by atoms with Gasteiger partial charge in [0.1, 0.15) is 0 Å². The summed E-state index contributed by atoms with van der Waals surface area (Å²) >= 11 is 0. The molecule has 1 amide bonds. The molecule has 1 heterocycles. The minimum absolute atomic E-state index is 0.279. The van der Waals surface area contributed by atoms with Gasteiger partial charge < -0.3 is 10.6 Å². The topological polar surface area (TPSA) is 46.3 Å². The second-order valence-corrected chi connectivity index (χ2v) is 5.81. The van der Waals surface area contributed by atoms with Gasteiger partial charge in [-0.1, -0.05) is 19.1 Å². The monoisotopic (exact) mass is 260 g/mol. The lowest BCUT2D eigenvalue weighted by molar-refractivity contribution is -0.135. The molecule has 1 aromatic rings. The lowest BCUT2D eigenvalue weighted by atomic mass is 9.93. The molecule has 3 nitrogen and oxygen atoms in total. The molecule has 1 aromatic carbocycles. The number of hydrogen-bond acceptors (Lipinski definition) is 2. The van der Waals surface area contributed by atoms with Crippen molar-refractivity contribution in [1.82, 2.24) is 4.90 Å². The van der Waals surface area contributed by atoms with Crippen LogP contribution in [0.15, 0.2) is 24.3 Å². The smallest absolute Gasteiger partial charge is 0.223 e. The molecular formula is C16H24N2O. The van der Waals surface area contributed by atoms with E-state index in [1.807, 2.05) is 29.2 Å². The van der Waals surface area contributed by atoms with E-state index in [1.165, 1.54) is 0 Å². The van der Waals surface area contributed by atoms with Crippen LogP contribution >= 0.6 is 0 Å². The molecule has 19 heavy (non-hydrogen) atoms. The van der Waals surface area contributed by atoms with Crippen LogP contribution in [0.3, 0.4) is 0 Å². The SMILES string of the molecule is CC1CCN(C(=O)CCc2cccc(N)c2)C(C)C1. The van der Waals surface area contributed by atoms with Crippen molar-refractivity contribution in [2.45, 2.75) is 45.6 Å². The van der Waals surface area contributed by atoms with Crippen molar-refractivity contribution in [2.24, 2.45) is 5.92 Å². The highest BCUT2D eigenvalue weighted by Gasteiger charge is 2.26. The number of carbonyl (C=O) groups excluding carboxylic acids is 1. The average molecular weight is 260 g/mol. The maximum Gasteiger partial charge on any atom is 0.223 e. The van der Waals surface area contributed by atoms with E-state index in [9.17, 15) is 4.79 Å². The molecule has 0 spiro atoms. The number of anilines is 1. The zero-order valence-electron chi connectivity index (χ0n) is 11.9. The first-order valence-electron chi connectivity index (χ1n) is 7.20. The first-order valence-corrected chi connectivity index (χ1v) is 7.20. The Morgan fingerprint density at radius 2 is 2.21 bits per heavy atom. The Morgan fingerprint density at radius 3 is 2.89 bits per heavy atom. The second kappa shape index (κ2) is 6.09. The fourth-order valence-electron chi connectivity index (χ4n) is 2.92. The Labute approximate surface area is 115 Å². The zero-order chi connectivity index (χ0) is 13.8. The average Bonchev–Trinajstić information content (AvgIpc) is 2.36. The first-order chi connectivity index (χ1) is 9.06. The number of likely N-dealkylation sites (tertiary alicyclic amines) is 1. The Hall–Kier alpha value is -1.51. The molecule has 3 heteroatoms. The van der Waals surface area contributed by atoms with Crippen LogP contribution in [-0.2, 0) is 11.2 Å². The first kappa shape index (κ1) is 13.9. The van der Waals surface area contributed by atoms with E-state index in [2.05, 4.69) is 13.8 Å². The van der Waals surface area contributed by atoms with Crippen LogP contribution in [0.5, 0.6) is 0 Å². The molecule has 2 unspecified atom stereocenters. The number of nitrogens with zero attached hydrogens (tertiary/aromatic N) is 1. The molecule has 0 bridgehead atoms. The standard InChI is InChI=1S/C16H24N2O/c1-12-8-9-18(13(2)10-12)16(19)7-6-14-4-3-5-15(17)11-14/h3-5,11-13H,6-10,17H2,1-2H3. The fourth-order valence-corrected chi connectivity index (χ4v) is 2.92. The van der Waals surface area contributed by atoms with Crippen LogP contribution in [0.1, 0.15) is 38.7 Å². The number of nitrogen functional groups attached to an aromatic ring is 1. The number of hydrogen-bond donors (Lipinski definition) is 1. The molecule has 0 aromatic heterocycles. The summed E-state index contributed by atoms with van der Waals surface area (Å²) in [6.45, 7) is 5.34. The highest BCUT2D eigenvalue weighted by molar-refractivity contribution is 5.77. The maximum absolute atomic E-state index is 12.3.